The highest BCUT2D eigenvalue weighted by atomic mass is 16.4. The smallest absolute Gasteiger partial charge is 0.344 e. The Kier molecular flexibility index (Phi) is 8.16. The average molecular weight is 477 g/mol. The lowest BCUT2D eigenvalue weighted by Crippen LogP contribution is -2.61. The molecular weight excluding hydrogens is 450 g/mol. The number of amides is 5. The SMILES string of the molecule is CC(=O)N([C@@H](CC(=O)O)C(=O)N[C@H](C(=O)O)C(C)C)N1C(=O)N[C@@H](Cc2ccc(N)cc2)C1=O. The van der Waals surface area contributed by atoms with Crippen molar-refractivity contribution in [3.05, 3.63) is 29.8 Å². The van der Waals surface area contributed by atoms with Gasteiger partial charge in [-0.2, -0.15) is 5.01 Å². The monoisotopic (exact) mass is 477 g/mol. The topological polar surface area (TPSA) is 199 Å². The molecule has 184 valence electrons. The summed E-state index contributed by atoms with van der Waals surface area (Å²) >= 11 is 0. The number of carbonyl (C=O) groups is 6. The number of aliphatic carboxylic acids is 2. The van der Waals surface area contributed by atoms with Crippen molar-refractivity contribution in [2.45, 2.75) is 51.7 Å². The third-order valence-corrected chi connectivity index (χ3v) is 5.15. The molecule has 0 bridgehead atoms. The molecule has 2 rings (SSSR count). The number of hydrazine groups is 1. The van der Waals surface area contributed by atoms with Crippen molar-refractivity contribution in [1.29, 1.82) is 0 Å². The summed E-state index contributed by atoms with van der Waals surface area (Å²) in [5.74, 6) is -6.42. The van der Waals surface area contributed by atoms with Crippen molar-refractivity contribution in [3.63, 3.8) is 0 Å². The molecular formula is C21H27N5O8. The molecule has 6 N–H and O–H groups in total. The standard InChI is InChI=1S/C21H27N5O8/c1-10(2)17(20(32)33)24-18(30)15(9-16(28)29)25(11(3)27)26-19(31)14(23-21(26)34)8-12-4-6-13(22)7-5-12/h4-7,10,14-15,17H,8-9,22H2,1-3H3,(H,23,34)(H,24,30)(H,28,29)(H,32,33)/t14-,15-,17-/m0/s1. The molecule has 1 saturated heterocycles. The van der Waals surface area contributed by atoms with E-state index in [1.807, 2.05) is 0 Å². The third-order valence-electron chi connectivity index (χ3n) is 5.15. The van der Waals surface area contributed by atoms with Crippen LogP contribution in [0.25, 0.3) is 0 Å². The lowest BCUT2D eigenvalue weighted by Gasteiger charge is -2.34. The number of benzene rings is 1. The predicted octanol–water partition coefficient (Wildman–Crippen LogP) is -0.436. The predicted molar refractivity (Wildman–Crippen MR) is 117 cm³/mol. The fourth-order valence-corrected chi connectivity index (χ4v) is 3.47. The van der Waals surface area contributed by atoms with Gasteiger partial charge in [0.25, 0.3) is 5.91 Å². The molecule has 1 aromatic carbocycles. The summed E-state index contributed by atoms with van der Waals surface area (Å²) in [5, 5.41) is 24.1. The highest BCUT2D eigenvalue weighted by molar-refractivity contribution is 6.06. The Morgan fingerprint density at radius 3 is 2.21 bits per heavy atom. The van der Waals surface area contributed by atoms with E-state index in [1.165, 1.54) is 13.8 Å². The second-order valence-electron chi connectivity index (χ2n) is 8.14. The number of carbonyl (C=O) groups excluding carboxylic acids is 4. The molecule has 0 saturated carbocycles. The van der Waals surface area contributed by atoms with Crippen LogP contribution >= 0.6 is 0 Å². The molecule has 1 aliphatic heterocycles. The summed E-state index contributed by atoms with van der Waals surface area (Å²) in [6, 6.07) is 1.15. The van der Waals surface area contributed by atoms with E-state index in [4.69, 9.17) is 5.73 Å². The Bertz CT molecular complexity index is 993. The molecule has 34 heavy (non-hydrogen) atoms. The molecule has 1 aromatic rings. The first-order chi connectivity index (χ1) is 15.8. The minimum atomic E-state index is -1.86. The number of carboxylic acids is 2. The lowest BCUT2D eigenvalue weighted by molar-refractivity contribution is -0.165. The van der Waals surface area contributed by atoms with Crippen molar-refractivity contribution < 1.29 is 39.0 Å². The first kappa shape index (κ1) is 26.1. The second kappa shape index (κ2) is 10.6. The fourth-order valence-electron chi connectivity index (χ4n) is 3.47. The maximum absolute atomic E-state index is 13.0. The van der Waals surface area contributed by atoms with E-state index in [9.17, 15) is 39.0 Å². The zero-order chi connectivity index (χ0) is 25.7. The lowest BCUT2D eigenvalue weighted by atomic mass is 10.0. The zero-order valence-electron chi connectivity index (χ0n) is 18.8. The van der Waals surface area contributed by atoms with Crippen molar-refractivity contribution in [2.24, 2.45) is 5.92 Å². The third kappa shape index (κ3) is 5.99. The molecule has 13 nitrogen and oxygen atoms in total. The van der Waals surface area contributed by atoms with Gasteiger partial charge >= 0.3 is 18.0 Å². The van der Waals surface area contributed by atoms with Gasteiger partial charge in [0, 0.05) is 19.0 Å². The number of anilines is 1. The molecule has 3 atom stereocenters. The number of rotatable bonds is 10. The minimum Gasteiger partial charge on any atom is -0.481 e. The van der Waals surface area contributed by atoms with Gasteiger partial charge in [0.05, 0.1) is 6.42 Å². The van der Waals surface area contributed by atoms with E-state index < -0.39 is 66.2 Å². The minimum absolute atomic E-state index is 0.0529. The van der Waals surface area contributed by atoms with Crippen LogP contribution in [0, 0.1) is 5.92 Å². The summed E-state index contributed by atoms with van der Waals surface area (Å²) in [7, 11) is 0. The number of hydrogen-bond donors (Lipinski definition) is 5. The number of nitrogens with two attached hydrogens (primary N) is 1. The quantitative estimate of drug-likeness (QED) is 0.219. The van der Waals surface area contributed by atoms with Gasteiger partial charge in [-0.1, -0.05) is 26.0 Å². The van der Waals surface area contributed by atoms with Crippen LogP contribution in [-0.2, 0) is 30.4 Å². The van der Waals surface area contributed by atoms with Crippen LogP contribution in [0.5, 0.6) is 0 Å². The molecule has 1 heterocycles. The van der Waals surface area contributed by atoms with Crippen LogP contribution in [0.4, 0.5) is 10.5 Å². The van der Waals surface area contributed by atoms with Gasteiger partial charge in [-0.3, -0.25) is 19.2 Å². The number of imide groups is 1. The molecule has 0 aliphatic carbocycles. The number of nitrogen functional groups attached to an aromatic ring is 1. The first-order valence-electron chi connectivity index (χ1n) is 10.4. The summed E-state index contributed by atoms with van der Waals surface area (Å²) in [5.41, 5.74) is 6.80. The summed E-state index contributed by atoms with van der Waals surface area (Å²) in [4.78, 5) is 74.0. The van der Waals surface area contributed by atoms with Crippen molar-refractivity contribution >= 4 is 41.4 Å². The maximum Gasteiger partial charge on any atom is 0.344 e. The number of nitrogens with zero attached hydrogens (tertiary/aromatic N) is 2. The van der Waals surface area contributed by atoms with Crippen molar-refractivity contribution in [1.82, 2.24) is 20.7 Å². The van der Waals surface area contributed by atoms with Gasteiger partial charge in [0.1, 0.15) is 18.1 Å². The molecule has 1 aliphatic rings. The molecule has 0 radical (unpaired) electrons. The number of carboxylic acid groups (broad SMARTS) is 2. The highest BCUT2D eigenvalue weighted by Crippen LogP contribution is 2.20. The Morgan fingerprint density at radius 2 is 1.74 bits per heavy atom. The van der Waals surface area contributed by atoms with Crippen LogP contribution < -0.4 is 16.4 Å². The van der Waals surface area contributed by atoms with Gasteiger partial charge in [-0.25, -0.2) is 14.6 Å². The number of urea groups is 1. The average Bonchev–Trinajstić information content (AvgIpc) is 2.99. The normalized spacial score (nSPS) is 17.2. The van der Waals surface area contributed by atoms with E-state index in [2.05, 4.69) is 10.6 Å². The largest absolute Gasteiger partial charge is 0.481 e. The van der Waals surface area contributed by atoms with Crippen LogP contribution in [0.1, 0.15) is 32.8 Å². The molecule has 13 heteroatoms. The van der Waals surface area contributed by atoms with Gasteiger partial charge in [0.15, 0.2) is 0 Å². The molecule has 1 fully saturated rings. The number of hydrogen-bond acceptors (Lipinski definition) is 7. The van der Waals surface area contributed by atoms with Crippen LogP contribution in [0.15, 0.2) is 24.3 Å². The Hall–Kier alpha value is -4.16. The van der Waals surface area contributed by atoms with E-state index in [0.717, 1.165) is 6.92 Å². The Balaban J connectivity index is 2.36. The van der Waals surface area contributed by atoms with E-state index in [1.54, 1.807) is 24.3 Å². The molecule has 5 amide bonds. The maximum atomic E-state index is 13.0. The van der Waals surface area contributed by atoms with Crippen molar-refractivity contribution in [3.8, 4) is 0 Å². The highest BCUT2D eigenvalue weighted by Gasteiger charge is 2.47. The Morgan fingerprint density at radius 1 is 1.15 bits per heavy atom. The van der Waals surface area contributed by atoms with Crippen molar-refractivity contribution in [2.75, 3.05) is 5.73 Å². The molecule has 0 spiro atoms. The molecule has 0 aromatic heterocycles. The summed E-state index contributed by atoms with van der Waals surface area (Å²) < 4.78 is 0. The van der Waals surface area contributed by atoms with E-state index >= 15 is 0 Å². The first-order valence-corrected chi connectivity index (χ1v) is 10.4. The van der Waals surface area contributed by atoms with E-state index in [-0.39, 0.29) is 6.42 Å². The summed E-state index contributed by atoms with van der Waals surface area (Å²) in [6.45, 7) is 3.99. The van der Waals surface area contributed by atoms with Crippen LogP contribution in [0.3, 0.4) is 0 Å². The van der Waals surface area contributed by atoms with Gasteiger partial charge in [-0.05, 0) is 23.6 Å². The Labute approximate surface area is 194 Å². The van der Waals surface area contributed by atoms with Gasteiger partial charge in [-0.15, -0.1) is 0 Å². The number of nitrogens with one attached hydrogen (secondary N) is 2. The fraction of sp³-hybridized carbons (Fsp3) is 0.429. The van der Waals surface area contributed by atoms with Crippen LogP contribution in [-0.4, -0.2) is 74.0 Å². The van der Waals surface area contributed by atoms with Gasteiger partial charge < -0.3 is 26.6 Å². The zero-order valence-corrected chi connectivity index (χ0v) is 18.8. The second-order valence-corrected chi connectivity index (χ2v) is 8.14. The van der Waals surface area contributed by atoms with E-state index in [0.29, 0.717) is 21.3 Å². The summed E-state index contributed by atoms with van der Waals surface area (Å²) in [6.07, 6.45) is -0.924. The van der Waals surface area contributed by atoms with Gasteiger partial charge in [0.2, 0.25) is 11.8 Å². The molecule has 0 unspecified atom stereocenters. The van der Waals surface area contributed by atoms with Crippen LogP contribution in [0.2, 0.25) is 0 Å².